The monoisotopic (exact) mass is 416 g/mol. The summed E-state index contributed by atoms with van der Waals surface area (Å²) in [6.07, 6.45) is 14.0. The molecule has 0 saturated carbocycles. The number of esters is 1. The van der Waals surface area contributed by atoms with Gasteiger partial charge in [-0.3, -0.25) is 0 Å². The van der Waals surface area contributed by atoms with Crippen LogP contribution in [0.5, 0.6) is 0 Å². The third kappa shape index (κ3) is 33.6. The van der Waals surface area contributed by atoms with Gasteiger partial charge in [0.25, 0.3) is 0 Å². The summed E-state index contributed by atoms with van der Waals surface area (Å²) in [6.45, 7) is 3.91. The van der Waals surface area contributed by atoms with Gasteiger partial charge >= 0.3 is 41.5 Å². The second-order valence-electron chi connectivity index (χ2n) is 5.87. The number of hydrogen-bond donors (Lipinski definition) is 1. The van der Waals surface area contributed by atoms with Gasteiger partial charge < -0.3 is 14.4 Å². The van der Waals surface area contributed by atoms with Crippen LogP contribution in [0.2, 0.25) is 0 Å². The Balaban J connectivity index is -0.000000709. The first kappa shape index (κ1) is 31.3. The van der Waals surface area contributed by atoms with Crippen molar-refractivity contribution in [2.45, 2.75) is 78.1 Å². The summed E-state index contributed by atoms with van der Waals surface area (Å²) in [5, 5.41) is 8.33. The van der Waals surface area contributed by atoms with Crippen LogP contribution in [0.4, 0.5) is 0 Å². The summed E-state index contributed by atoms with van der Waals surface area (Å²) in [5.41, 5.74) is 0. The standard InChI is InChI=1S/C16H28O4.C2H6O3S.Na/c1-2-3-4-5-6-7-8-9-10-11-14-20-16(19)13-12-15(17)18;1-2-6(3,4)5;/h12-13H,2-11,14H2,1H3,(H,17,18);2H2,1H3,(H,3,4,5);/q;;+1/p-1/b13-12-;;. The first-order chi connectivity index (χ1) is 12.2. The van der Waals surface area contributed by atoms with E-state index in [1.165, 1.54) is 58.3 Å². The van der Waals surface area contributed by atoms with Crippen molar-refractivity contribution >= 4 is 22.1 Å². The van der Waals surface area contributed by atoms with Crippen LogP contribution in [-0.2, 0) is 24.4 Å². The summed E-state index contributed by atoms with van der Waals surface area (Å²) < 4.78 is 33.2. The first-order valence-electron chi connectivity index (χ1n) is 9.24. The first-order valence-corrected chi connectivity index (χ1v) is 10.8. The molecule has 0 unspecified atom stereocenters. The number of ether oxygens (including phenoxy) is 1. The van der Waals surface area contributed by atoms with Crippen molar-refractivity contribution < 1.29 is 62.0 Å². The molecule has 0 atom stereocenters. The Morgan fingerprint density at radius 3 is 1.67 bits per heavy atom. The molecule has 7 nitrogen and oxygen atoms in total. The van der Waals surface area contributed by atoms with Crippen molar-refractivity contribution in [2.24, 2.45) is 0 Å². The van der Waals surface area contributed by atoms with Crippen molar-refractivity contribution in [3.05, 3.63) is 12.2 Å². The molecule has 0 aromatic heterocycles. The fourth-order valence-corrected chi connectivity index (χ4v) is 1.95. The van der Waals surface area contributed by atoms with Gasteiger partial charge in [0.15, 0.2) is 0 Å². The van der Waals surface area contributed by atoms with Gasteiger partial charge in [-0.1, -0.05) is 71.6 Å². The average molecular weight is 417 g/mol. The SMILES string of the molecule is CCCCCCCCCCCCOC(=O)/C=C\C(=O)O.CCS(=O)(=O)[O-].[Na+]. The quantitative estimate of drug-likeness (QED) is 0.145. The molecule has 0 aliphatic rings. The number of rotatable bonds is 14. The third-order valence-electron chi connectivity index (χ3n) is 3.46. The van der Waals surface area contributed by atoms with E-state index >= 15 is 0 Å². The fraction of sp³-hybridized carbons (Fsp3) is 0.778. The van der Waals surface area contributed by atoms with Gasteiger partial charge in [-0.15, -0.1) is 0 Å². The fourth-order valence-electron chi connectivity index (χ4n) is 1.95. The maximum atomic E-state index is 11.0. The molecule has 0 amide bonds. The number of carboxylic acids is 1. The third-order valence-corrected chi connectivity index (χ3v) is 4.16. The van der Waals surface area contributed by atoms with Gasteiger partial charge in [-0.2, -0.15) is 0 Å². The van der Waals surface area contributed by atoms with Gasteiger partial charge in [0.05, 0.1) is 16.7 Å². The molecular weight excluding hydrogens is 383 g/mol. The van der Waals surface area contributed by atoms with Crippen LogP contribution < -0.4 is 29.6 Å². The molecule has 9 heteroatoms. The van der Waals surface area contributed by atoms with Crippen molar-refractivity contribution in [1.29, 1.82) is 0 Å². The number of carbonyl (C=O) groups is 2. The van der Waals surface area contributed by atoms with Crippen LogP contribution >= 0.6 is 0 Å². The number of carboxylic acid groups (broad SMARTS) is 1. The van der Waals surface area contributed by atoms with Crippen LogP contribution in [0.25, 0.3) is 0 Å². The molecule has 0 heterocycles. The summed E-state index contributed by atoms with van der Waals surface area (Å²) in [6, 6.07) is 0. The van der Waals surface area contributed by atoms with E-state index in [0.717, 1.165) is 25.0 Å². The predicted octanol–water partition coefficient (Wildman–Crippen LogP) is 0.647. The predicted molar refractivity (Wildman–Crippen MR) is 99.8 cm³/mol. The molecular formula is C18H33NaO7S. The molecule has 0 radical (unpaired) electrons. The molecule has 1 N–H and O–H groups in total. The van der Waals surface area contributed by atoms with E-state index in [9.17, 15) is 22.6 Å². The summed E-state index contributed by atoms with van der Waals surface area (Å²) >= 11 is 0. The number of unbranched alkanes of at least 4 members (excludes halogenated alkanes) is 9. The van der Waals surface area contributed by atoms with E-state index in [1.807, 2.05) is 0 Å². The second kappa shape index (κ2) is 21.9. The second-order valence-corrected chi connectivity index (χ2v) is 7.56. The maximum Gasteiger partial charge on any atom is 1.00 e. The summed E-state index contributed by atoms with van der Waals surface area (Å²) in [7, 11) is -3.91. The van der Waals surface area contributed by atoms with Gasteiger partial charge in [-0.05, 0) is 6.42 Å². The van der Waals surface area contributed by atoms with E-state index in [0.29, 0.717) is 6.61 Å². The molecule has 0 saturated heterocycles. The van der Waals surface area contributed by atoms with Crippen LogP contribution in [0, 0.1) is 0 Å². The van der Waals surface area contributed by atoms with Crippen LogP contribution in [0.3, 0.4) is 0 Å². The van der Waals surface area contributed by atoms with Crippen LogP contribution in [-0.4, -0.2) is 42.4 Å². The van der Waals surface area contributed by atoms with Crippen molar-refractivity contribution in [3.8, 4) is 0 Å². The zero-order valence-corrected chi connectivity index (χ0v) is 19.8. The van der Waals surface area contributed by atoms with E-state index in [-0.39, 0.29) is 35.3 Å². The van der Waals surface area contributed by atoms with E-state index in [2.05, 4.69) is 6.92 Å². The van der Waals surface area contributed by atoms with Crippen molar-refractivity contribution in [3.63, 3.8) is 0 Å². The average Bonchev–Trinajstić information content (AvgIpc) is 2.57. The van der Waals surface area contributed by atoms with E-state index < -0.39 is 22.1 Å². The molecule has 0 aliphatic carbocycles. The topological polar surface area (TPSA) is 121 Å². The molecule has 0 aromatic carbocycles. The normalized spacial score (nSPS) is 10.6. The maximum absolute atomic E-state index is 11.0. The van der Waals surface area contributed by atoms with Gasteiger partial charge in [0.1, 0.15) is 0 Å². The Bertz CT molecular complexity index is 490. The van der Waals surface area contributed by atoms with E-state index in [4.69, 9.17) is 9.84 Å². The van der Waals surface area contributed by atoms with Crippen LogP contribution in [0.15, 0.2) is 12.2 Å². The summed E-state index contributed by atoms with van der Waals surface area (Å²) in [4.78, 5) is 21.2. The number of carbonyl (C=O) groups excluding carboxylic acids is 1. The largest absolute Gasteiger partial charge is 1.00 e. The van der Waals surface area contributed by atoms with E-state index in [1.54, 1.807) is 0 Å². The molecule has 154 valence electrons. The molecule has 27 heavy (non-hydrogen) atoms. The molecule has 0 bridgehead atoms. The Morgan fingerprint density at radius 1 is 0.889 bits per heavy atom. The van der Waals surface area contributed by atoms with Crippen molar-refractivity contribution in [1.82, 2.24) is 0 Å². The molecule has 0 aromatic rings. The minimum atomic E-state index is -3.91. The zero-order chi connectivity index (χ0) is 20.3. The Labute approximate surface area is 186 Å². The Hall–Kier alpha value is -0.410. The minimum Gasteiger partial charge on any atom is -0.748 e. The zero-order valence-electron chi connectivity index (χ0n) is 16.9. The van der Waals surface area contributed by atoms with Gasteiger partial charge in [0.2, 0.25) is 0 Å². The molecule has 0 rings (SSSR count). The Morgan fingerprint density at radius 2 is 1.30 bits per heavy atom. The minimum absolute atomic E-state index is 0. The van der Waals surface area contributed by atoms with Crippen LogP contribution in [0.1, 0.15) is 78.1 Å². The number of hydrogen-bond acceptors (Lipinski definition) is 6. The summed E-state index contributed by atoms with van der Waals surface area (Å²) in [5.74, 6) is -2.03. The van der Waals surface area contributed by atoms with Gasteiger partial charge in [-0.25, -0.2) is 18.0 Å². The molecule has 0 fully saturated rings. The molecule has 0 aliphatic heterocycles. The number of aliphatic carboxylic acids is 1. The van der Waals surface area contributed by atoms with Gasteiger partial charge in [0, 0.05) is 17.9 Å². The smallest absolute Gasteiger partial charge is 0.748 e. The molecule has 0 spiro atoms. The Kier molecular flexibility index (Phi) is 25.4. The van der Waals surface area contributed by atoms with Crippen molar-refractivity contribution in [2.75, 3.05) is 12.4 Å².